The average molecular weight is 337 g/mol. The molecule has 20 heavy (non-hydrogen) atoms. The summed E-state index contributed by atoms with van der Waals surface area (Å²) in [5.74, 6) is -0.217. The van der Waals surface area contributed by atoms with E-state index in [-0.39, 0.29) is 11.9 Å². The van der Waals surface area contributed by atoms with Gasteiger partial charge in [-0.3, -0.25) is 4.98 Å². The van der Waals surface area contributed by atoms with Gasteiger partial charge in [-0.1, -0.05) is 35.0 Å². The van der Waals surface area contributed by atoms with Crippen LogP contribution < -0.4 is 5.32 Å². The second-order valence-corrected chi connectivity index (χ2v) is 5.57. The molecular formula is C16H18BrFN2. The number of hydrogen-bond donors (Lipinski definition) is 1. The van der Waals surface area contributed by atoms with Gasteiger partial charge in [0.05, 0.1) is 0 Å². The topological polar surface area (TPSA) is 24.9 Å². The molecule has 1 N–H and O–H groups in total. The normalized spacial score (nSPS) is 12.3. The van der Waals surface area contributed by atoms with E-state index in [2.05, 4.69) is 33.2 Å². The molecular weight excluding hydrogens is 319 g/mol. The quantitative estimate of drug-likeness (QED) is 0.868. The van der Waals surface area contributed by atoms with E-state index in [9.17, 15) is 4.39 Å². The Kier molecular flexibility index (Phi) is 5.68. The van der Waals surface area contributed by atoms with E-state index in [4.69, 9.17) is 0 Å². The van der Waals surface area contributed by atoms with Crippen LogP contribution in [0.3, 0.4) is 0 Å². The zero-order valence-corrected chi connectivity index (χ0v) is 13.0. The molecule has 1 aromatic carbocycles. The summed E-state index contributed by atoms with van der Waals surface area (Å²) in [6.07, 6.45) is 3.51. The summed E-state index contributed by atoms with van der Waals surface area (Å²) in [4.78, 5) is 4.37. The lowest BCUT2D eigenvalue weighted by Gasteiger charge is -2.18. The number of rotatable bonds is 6. The highest BCUT2D eigenvalue weighted by Crippen LogP contribution is 2.20. The second kappa shape index (κ2) is 7.50. The fraction of sp³-hybridized carbons (Fsp3) is 0.312. The van der Waals surface area contributed by atoms with Crippen molar-refractivity contribution in [3.63, 3.8) is 0 Å². The van der Waals surface area contributed by atoms with Gasteiger partial charge in [0.15, 0.2) is 0 Å². The number of halogens is 2. The van der Waals surface area contributed by atoms with Crippen LogP contribution in [0.1, 0.15) is 18.2 Å². The largest absolute Gasteiger partial charge is 0.314 e. The standard InChI is InChI=1S/C16H18BrFN2/c1-2-19-15(11-14-5-3-4-8-20-14)9-12-6-7-13(18)10-16(12)17/h3-8,10,15,19H,2,9,11H2,1H3. The van der Waals surface area contributed by atoms with Crippen molar-refractivity contribution in [1.82, 2.24) is 10.3 Å². The second-order valence-electron chi connectivity index (χ2n) is 4.72. The zero-order chi connectivity index (χ0) is 14.4. The van der Waals surface area contributed by atoms with Gasteiger partial charge < -0.3 is 5.32 Å². The summed E-state index contributed by atoms with van der Waals surface area (Å²) in [6, 6.07) is 11.1. The van der Waals surface area contributed by atoms with Gasteiger partial charge in [0.2, 0.25) is 0 Å². The van der Waals surface area contributed by atoms with E-state index in [1.165, 1.54) is 12.1 Å². The van der Waals surface area contributed by atoms with Gasteiger partial charge in [-0.15, -0.1) is 0 Å². The maximum absolute atomic E-state index is 13.1. The molecule has 1 unspecified atom stereocenters. The third-order valence-corrected chi connectivity index (χ3v) is 3.89. The number of aromatic nitrogens is 1. The fourth-order valence-electron chi connectivity index (χ4n) is 2.23. The van der Waals surface area contributed by atoms with Crippen molar-refractivity contribution in [2.45, 2.75) is 25.8 Å². The number of likely N-dealkylation sites (N-methyl/N-ethyl adjacent to an activating group) is 1. The third kappa shape index (κ3) is 4.39. The van der Waals surface area contributed by atoms with Crippen LogP contribution in [0, 0.1) is 5.82 Å². The Morgan fingerprint density at radius 1 is 1.25 bits per heavy atom. The molecule has 0 amide bonds. The highest BCUT2D eigenvalue weighted by molar-refractivity contribution is 9.10. The number of hydrogen-bond acceptors (Lipinski definition) is 2. The molecule has 0 aliphatic carbocycles. The van der Waals surface area contributed by atoms with Crippen LogP contribution in [-0.4, -0.2) is 17.6 Å². The predicted octanol–water partition coefficient (Wildman–Crippen LogP) is 3.75. The number of nitrogens with one attached hydrogen (secondary N) is 1. The van der Waals surface area contributed by atoms with Crippen molar-refractivity contribution in [3.05, 3.63) is 64.1 Å². The van der Waals surface area contributed by atoms with Crippen molar-refractivity contribution in [2.75, 3.05) is 6.54 Å². The lowest BCUT2D eigenvalue weighted by atomic mass is 10.0. The van der Waals surface area contributed by atoms with Crippen LogP contribution >= 0.6 is 15.9 Å². The van der Waals surface area contributed by atoms with Gasteiger partial charge in [0.25, 0.3) is 0 Å². The molecule has 0 bridgehead atoms. The van der Waals surface area contributed by atoms with Crippen molar-refractivity contribution < 1.29 is 4.39 Å². The smallest absolute Gasteiger partial charge is 0.124 e. The summed E-state index contributed by atoms with van der Waals surface area (Å²) in [5.41, 5.74) is 2.17. The first-order valence-corrected chi connectivity index (χ1v) is 7.55. The molecule has 0 aliphatic rings. The maximum Gasteiger partial charge on any atom is 0.124 e. The van der Waals surface area contributed by atoms with Gasteiger partial charge >= 0.3 is 0 Å². The molecule has 1 heterocycles. The Balaban J connectivity index is 2.09. The highest BCUT2D eigenvalue weighted by Gasteiger charge is 2.12. The molecule has 1 atom stereocenters. The zero-order valence-electron chi connectivity index (χ0n) is 11.4. The summed E-state index contributed by atoms with van der Waals surface area (Å²) in [6.45, 7) is 2.99. The van der Waals surface area contributed by atoms with Crippen LogP contribution in [0.4, 0.5) is 4.39 Å². The van der Waals surface area contributed by atoms with Crippen LogP contribution in [-0.2, 0) is 12.8 Å². The molecule has 1 aromatic heterocycles. The Morgan fingerprint density at radius 2 is 2.10 bits per heavy atom. The molecule has 2 nitrogen and oxygen atoms in total. The van der Waals surface area contributed by atoms with Crippen molar-refractivity contribution >= 4 is 15.9 Å². The summed E-state index contributed by atoms with van der Waals surface area (Å²) < 4.78 is 13.9. The molecule has 2 aromatic rings. The molecule has 0 saturated heterocycles. The molecule has 0 radical (unpaired) electrons. The van der Waals surface area contributed by atoms with Crippen molar-refractivity contribution in [1.29, 1.82) is 0 Å². The Morgan fingerprint density at radius 3 is 2.75 bits per heavy atom. The maximum atomic E-state index is 13.1. The monoisotopic (exact) mass is 336 g/mol. The average Bonchev–Trinajstić information content (AvgIpc) is 2.43. The van der Waals surface area contributed by atoms with E-state index in [0.717, 1.165) is 35.1 Å². The minimum Gasteiger partial charge on any atom is -0.314 e. The van der Waals surface area contributed by atoms with E-state index in [0.29, 0.717) is 0 Å². The van der Waals surface area contributed by atoms with Crippen LogP contribution in [0.5, 0.6) is 0 Å². The predicted molar refractivity (Wildman–Crippen MR) is 83.2 cm³/mol. The number of nitrogens with zero attached hydrogens (tertiary/aromatic N) is 1. The Labute approximate surface area is 127 Å². The molecule has 0 saturated carbocycles. The van der Waals surface area contributed by atoms with Crippen LogP contribution in [0.2, 0.25) is 0 Å². The Hall–Kier alpha value is -1.26. The van der Waals surface area contributed by atoms with Gasteiger partial charge in [-0.25, -0.2) is 4.39 Å². The van der Waals surface area contributed by atoms with Crippen LogP contribution in [0.25, 0.3) is 0 Å². The van der Waals surface area contributed by atoms with E-state index in [1.807, 2.05) is 30.5 Å². The third-order valence-electron chi connectivity index (χ3n) is 3.16. The van der Waals surface area contributed by atoms with Crippen molar-refractivity contribution in [3.8, 4) is 0 Å². The summed E-state index contributed by atoms with van der Waals surface area (Å²) in [5, 5.41) is 3.47. The molecule has 4 heteroatoms. The Bertz CT molecular complexity index is 545. The first kappa shape index (κ1) is 15.1. The molecule has 0 spiro atoms. The van der Waals surface area contributed by atoms with Gasteiger partial charge in [-0.2, -0.15) is 0 Å². The summed E-state index contributed by atoms with van der Waals surface area (Å²) >= 11 is 3.43. The van der Waals surface area contributed by atoms with E-state index >= 15 is 0 Å². The SMILES string of the molecule is CCNC(Cc1ccccn1)Cc1ccc(F)cc1Br. The van der Waals surface area contributed by atoms with E-state index < -0.39 is 0 Å². The van der Waals surface area contributed by atoms with Gasteiger partial charge in [0, 0.05) is 28.8 Å². The number of benzene rings is 1. The lowest BCUT2D eigenvalue weighted by Crippen LogP contribution is -2.33. The first-order chi connectivity index (χ1) is 9.69. The summed E-state index contributed by atoms with van der Waals surface area (Å²) in [7, 11) is 0. The molecule has 2 rings (SSSR count). The fourth-order valence-corrected chi connectivity index (χ4v) is 2.74. The minimum atomic E-state index is -0.217. The van der Waals surface area contributed by atoms with Crippen LogP contribution in [0.15, 0.2) is 47.1 Å². The first-order valence-electron chi connectivity index (χ1n) is 6.76. The van der Waals surface area contributed by atoms with E-state index in [1.54, 1.807) is 0 Å². The lowest BCUT2D eigenvalue weighted by molar-refractivity contribution is 0.515. The van der Waals surface area contributed by atoms with Gasteiger partial charge in [-0.05, 0) is 42.8 Å². The number of pyridine rings is 1. The van der Waals surface area contributed by atoms with Crippen molar-refractivity contribution in [2.24, 2.45) is 0 Å². The molecule has 0 fully saturated rings. The van der Waals surface area contributed by atoms with Gasteiger partial charge in [0.1, 0.15) is 5.82 Å². The highest BCUT2D eigenvalue weighted by atomic mass is 79.9. The molecule has 0 aliphatic heterocycles. The minimum absolute atomic E-state index is 0.217. The molecule has 106 valence electrons.